The molecule has 2 aliphatic rings. The molecule has 4 rings (SSSR count). The monoisotopic (exact) mass is 420 g/mol. The summed E-state index contributed by atoms with van der Waals surface area (Å²) < 4.78 is 26.8. The lowest BCUT2D eigenvalue weighted by atomic mass is 10.2. The lowest BCUT2D eigenvalue weighted by Crippen LogP contribution is -2.46. The minimum absolute atomic E-state index is 0.290. The molecule has 1 aromatic carbocycles. The summed E-state index contributed by atoms with van der Waals surface area (Å²) in [5.74, 6) is 0.836. The first-order chi connectivity index (χ1) is 13.5. The molecule has 1 aromatic heterocycles. The number of anilines is 1. The molecular weight excluding hydrogens is 396 g/mol. The van der Waals surface area contributed by atoms with Crippen LogP contribution in [-0.4, -0.2) is 61.9 Å². The Hall–Kier alpha value is -1.67. The Labute approximate surface area is 171 Å². The maximum Gasteiger partial charge on any atom is 0.244 e. The van der Waals surface area contributed by atoms with E-state index in [2.05, 4.69) is 20.9 Å². The Morgan fingerprint density at radius 3 is 2.36 bits per heavy atom. The molecule has 0 spiro atoms. The van der Waals surface area contributed by atoms with Crippen molar-refractivity contribution >= 4 is 27.4 Å². The molecule has 0 aliphatic carbocycles. The normalized spacial score (nSPS) is 19.2. The van der Waals surface area contributed by atoms with E-state index in [1.54, 1.807) is 10.4 Å². The van der Waals surface area contributed by atoms with E-state index < -0.39 is 10.0 Å². The van der Waals surface area contributed by atoms with E-state index in [0.717, 1.165) is 56.4 Å². The number of hydrogen-bond acceptors (Lipinski definition) is 5. The van der Waals surface area contributed by atoms with E-state index >= 15 is 0 Å². The van der Waals surface area contributed by atoms with Crippen molar-refractivity contribution in [2.24, 2.45) is 0 Å². The average Bonchev–Trinajstić information content (AvgIpc) is 3.25. The first kappa shape index (κ1) is 19.6. The molecule has 0 amide bonds. The second-order valence-corrected chi connectivity index (χ2v) is 9.73. The van der Waals surface area contributed by atoms with Crippen molar-refractivity contribution in [3.8, 4) is 0 Å². The van der Waals surface area contributed by atoms with Crippen LogP contribution < -0.4 is 4.90 Å². The van der Waals surface area contributed by atoms with Crippen LogP contribution in [0.5, 0.6) is 0 Å². The number of halogens is 1. The summed E-state index contributed by atoms with van der Waals surface area (Å²) in [4.78, 5) is 9.34. The van der Waals surface area contributed by atoms with E-state index in [0.29, 0.717) is 13.1 Å². The van der Waals surface area contributed by atoms with Gasteiger partial charge in [0.25, 0.3) is 0 Å². The fourth-order valence-electron chi connectivity index (χ4n) is 3.82. The van der Waals surface area contributed by atoms with Crippen molar-refractivity contribution < 1.29 is 8.42 Å². The van der Waals surface area contributed by atoms with E-state index in [-0.39, 0.29) is 4.90 Å². The summed E-state index contributed by atoms with van der Waals surface area (Å²) >= 11 is 6.07. The van der Waals surface area contributed by atoms with Gasteiger partial charge in [0.15, 0.2) is 0 Å². The van der Waals surface area contributed by atoms with Crippen molar-refractivity contribution in [1.82, 2.24) is 14.2 Å². The summed E-state index contributed by atoms with van der Waals surface area (Å²) in [5, 5.41) is 0.768. The van der Waals surface area contributed by atoms with Crippen molar-refractivity contribution in [2.45, 2.75) is 24.3 Å². The number of piperazine rings is 1. The number of benzene rings is 1. The number of hydrogen-bond donors (Lipinski definition) is 0. The predicted molar refractivity (Wildman–Crippen MR) is 111 cm³/mol. The van der Waals surface area contributed by atoms with Gasteiger partial charge in [-0.25, -0.2) is 13.4 Å². The SMILES string of the molecule is O=S(=O)(c1ccc(N2CCN(Cc3cccc(Cl)c3)CC2)nc1)N1CCCC1. The summed E-state index contributed by atoms with van der Waals surface area (Å²) in [6.07, 6.45) is 3.37. The molecule has 2 aromatic rings. The maximum atomic E-state index is 12.6. The molecule has 3 heterocycles. The highest BCUT2D eigenvalue weighted by molar-refractivity contribution is 7.89. The van der Waals surface area contributed by atoms with Crippen molar-refractivity contribution in [1.29, 1.82) is 0 Å². The van der Waals surface area contributed by atoms with Crippen LogP contribution in [-0.2, 0) is 16.6 Å². The zero-order chi connectivity index (χ0) is 19.6. The highest BCUT2D eigenvalue weighted by Crippen LogP contribution is 2.22. The zero-order valence-corrected chi connectivity index (χ0v) is 17.4. The molecule has 2 aliphatic heterocycles. The molecule has 6 nitrogen and oxygen atoms in total. The Bertz CT molecular complexity index is 906. The van der Waals surface area contributed by atoms with E-state index in [1.165, 1.54) is 11.8 Å². The van der Waals surface area contributed by atoms with Crippen molar-refractivity contribution in [2.75, 3.05) is 44.2 Å². The second-order valence-electron chi connectivity index (χ2n) is 7.36. The fourth-order valence-corrected chi connectivity index (χ4v) is 5.49. The number of nitrogens with zero attached hydrogens (tertiary/aromatic N) is 4. The predicted octanol–water partition coefficient (Wildman–Crippen LogP) is 2.84. The first-order valence-corrected chi connectivity index (χ1v) is 11.5. The van der Waals surface area contributed by atoms with Crippen LogP contribution in [0.3, 0.4) is 0 Å². The van der Waals surface area contributed by atoms with Gasteiger partial charge in [-0.05, 0) is 42.7 Å². The van der Waals surface area contributed by atoms with Crippen LogP contribution in [0, 0.1) is 0 Å². The van der Waals surface area contributed by atoms with Gasteiger partial charge in [0.1, 0.15) is 10.7 Å². The summed E-state index contributed by atoms with van der Waals surface area (Å²) in [6, 6.07) is 11.5. The molecule has 28 heavy (non-hydrogen) atoms. The minimum Gasteiger partial charge on any atom is -0.354 e. The van der Waals surface area contributed by atoms with Gasteiger partial charge < -0.3 is 4.90 Å². The minimum atomic E-state index is -3.40. The molecule has 8 heteroatoms. The molecule has 0 atom stereocenters. The van der Waals surface area contributed by atoms with E-state index in [1.807, 2.05) is 24.3 Å². The number of sulfonamides is 1. The van der Waals surface area contributed by atoms with Crippen LogP contribution in [0.1, 0.15) is 18.4 Å². The van der Waals surface area contributed by atoms with Crippen LogP contribution in [0.15, 0.2) is 47.5 Å². The Balaban J connectivity index is 1.36. The number of rotatable bonds is 5. The van der Waals surface area contributed by atoms with E-state index in [9.17, 15) is 8.42 Å². The summed E-state index contributed by atoms with van der Waals surface area (Å²) in [7, 11) is -3.40. The third-order valence-electron chi connectivity index (χ3n) is 5.42. The third-order valence-corrected chi connectivity index (χ3v) is 7.53. The molecule has 2 fully saturated rings. The molecule has 150 valence electrons. The van der Waals surface area contributed by atoms with Gasteiger partial charge in [-0.3, -0.25) is 4.90 Å². The van der Waals surface area contributed by atoms with Gasteiger partial charge in [0, 0.05) is 57.0 Å². The maximum absolute atomic E-state index is 12.6. The van der Waals surface area contributed by atoms with Gasteiger partial charge in [-0.2, -0.15) is 4.31 Å². The second kappa shape index (κ2) is 8.37. The van der Waals surface area contributed by atoms with Crippen molar-refractivity contribution in [3.05, 3.63) is 53.2 Å². The van der Waals surface area contributed by atoms with Crippen LogP contribution in [0.2, 0.25) is 5.02 Å². The molecular formula is C20H25ClN4O2S. The molecule has 0 N–H and O–H groups in total. The quantitative estimate of drug-likeness (QED) is 0.744. The molecule has 0 saturated carbocycles. The smallest absolute Gasteiger partial charge is 0.244 e. The largest absolute Gasteiger partial charge is 0.354 e. The molecule has 2 saturated heterocycles. The first-order valence-electron chi connectivity index (χ1n) is 9.70. The number of pyridine rings is 1. The standard InChI is InChI=1S/C20H25ClN4O2S/c21-18-5-3-4-17(14-18)16-23-10-12-24(13-11-23)20-7-6-19(15-22-20)28(26,27)25-8-1-2-9-25/h3-7,14-15H,1-2,8-13,16H2. The molecule has 0 unspecified atom stereocenters. The van der Waals surface area contributed by atoms with Crippen LogP contribution >= 0.6 is 11.6 Å². The van der Waals surface area contributed by atoms with Crippen molar-refractivity contribution in [3.63, 3.8) is 0 Å². The molecule has 0 bridgehead atoms. The fraction of sp³-hybridized carbons (Fsp3) is 0.450. The molecule has 0 radical (unpaired) electrons. The Morgan fingerprint density at radius 2 is 1.71 bits per heavy atom. The summed E-state index contributed by atoms with van der Waals surface area (Å²) in [6.45, 7) is 5.70. The van der Waals surface area contributed by atoms with Gasteiger partial charge in [-0.1, -0.05) is 23.7 Å². The topological polar surface area (TPSA) is 56.8 Å². The van der Waals surface area contributed by atoms with Crippen LogP contribution in [0.25, 0.3) is 0 Å². The summed E-state index contributed by atoms with van der Waals surface area (Å²) in [5.41, 5.74) is 1.22. The Kier molecular flexibility index (Phi) is 5.87. The Morgan fingerprint density at radius 1 is 0.964 bits per heavy atom. The third kappa shape index (κ3) is 4.33. The lowest BCUT2D eigenvalue weighted by Gasteiger charge is -2.35. The van der Waals surface area contributed by atoms with Gasteiger partial charge in [0.05, 0.1) is 0 Å². The average molecular weight is 421 g/mol. The van der Waals surface area contributed by atoms with Gasteiger partial charge in [-0.15, -0.1) is 0 Å². The zero-order valence-electron chi connectivity index (χ0n) is 15.8. The lowest BCUT2D eigenvalue weighted by molar-refractivity contribution is 0.249. The van der Waals surface area contributed by atoms with Gasteiger partial charge >= 0.3 is 0 Å². The van der Waals surface area contributed by atoms with E-state index in [4.69, 9.17) is 11.6 Å². The highest BCUT2D eigenvalue weighted by atomic mass is 35.5. The van der Waals surface area contributed by atoms with Crippen LogP contribution in [0.4, 0.5) is 5.82 Å². The van der Waals surface area contributed by atoms with Gasteiger partial charge in [0.2, 0.25) is 10.0 Å². The number of aromatic nitrogens is 1. The highest BCUT2D eigenvalue weighted by Gasteiger charge is 2.27.